The number of hydrogen-bond acceptors (Lipinski definition) is 4. The second-order valence-electron chi connectivity index (χ2n) is 6.86. The zero-order valence-corrected chi connectivity index (χ0v) is 15.5. The Labute approximate surface area is 154 Å². The van der Waals surface area contributed by atoms with Crippen molar-refractivity contribution in [3.63, 3.8) is 0 Å². The van der Waals surface area contributed by atoms with Crippen molar-refractivity contribution >= 4 is 23.6 Å². The minimum atomic E-state index is -0.829. The van der Waals surface area contributed by atoms with Crippen LogP contribution < -0.4 is 0 Å². The van der Waals surface area contributed by atoms with Crippen molar-refractivity contribution in [1.29, 1.82) is 0 Å². The lowest BCUT2D eigenvalue weighted by atomic mass is 10.1. The van der Waals surface area contributed by atoms with Gasteiger partial charge < -0.3 is 0 Å². The van der Waals surface area contributed by atoms with Crippen LogP contribution in [0.5, 0.6) is 0 Å². The predicted molar refractivity (Wildman–Crippen MR) is 97.6 cm³/mol. The molecular formula is C20H28N2O4. The molecule has 142 valence electrons. The molecule has 0 aromatic heterocycles. The highest BCUT2D eigenvalue weighted by Crippen LogP contribution is 2.22. The molecule has 0 N–H and O–H groups in total. The number of unbranched alkanes of at least 4 members (excludes halogenated alkanes) is 8. The quantitative estimate of drug-likeness (QED) is 0.396. The number of hydrogen-bond donors (Lipinski definition) is 0. The summed E-state index contributed by atoms with van der Waals surface area (Å²) in [6, 6.07) is 0. The van der Waals surface area contributed by atoms with E-state index in [-0.39, 0.29) is 0 Å². The van der Waals surface area contributed by atoms with Crippen LogP contribution in [0.4, 0.5) is 0 Å². The highest BCUT2D eigenvalue weighted by atomic mass is 16.2. The van der Waals surface area contributed by atoms with Gasteiger partial charge in [-0.05, 0) is 12.8 Å². The molecule has 0 fully saturated rings. The normalized spacial score (nSPS) is 16.8. The van der Waals surface area contributed by atoms with Gasteiger partial charge >= 0.3 is 0 Å². The predicted octanol–water partition coefficient (Wildman–Crippen LogP) is 3.08. The Bertz CT molecular complexity index is 531. The molecule has 0 radical (unpaired) electrons. The Morgan fingerprint density at radius 1 is 0.615 bits per heavy atom. The molecule has 0 atom stereocenters. The summed E-state index contributed by atoms with van der Waals surface area (Å²) >= 11 is 0. The highest BCUT2D eigenvalue weighted by Gasteiger charge is 2.40. The fourth-order valence-electron chi connectivity index (χ4n) is 3.42. The van der Waals surface area contributed by atoms with Crippen LogP contribution in [-0.2, 0) is 19.2 Å². The van der Waals surface area contributed by atoms with Crippen LogP contribution in [0.15, 0.2) is 24.3 Å². The lowest BCUT2D eigenvalue weighted by Gasteiger charge is -2.32. The molecule has 0 saturated carbocycles. The van der Waals surface area contributed by atoms with E-state index in [1.165, 1.54) is 62.8 Å². The number of imide groups is 2. The highest BCUT2D eigenvalue weighted by molar-refractivity contribution is 6.16. The van der Waals surface area contributed by atoms with Crippen LogP contribution in [0.3, 0.4) is 0 Å². The molecule has 2 rings (SSSR count). The number of nitrogens with zero attached hydrogens (tertiary/aromatic N) is 2. The number of carbonyl (C=O) groups is 4. The van der Waals surface area contributed by atoms with Crippen LogP contribution in [0.25, 0.3) is 0 Å². The first-order valence-electron chi connectivity index (χ1n) is 9.66. The van der Waals surface area contributed by atoms with E-state index in [0.717, 1.165) is 29.1 Å². The van der Waals surface area contributed by atoms with Crippen molar-refractivity contribution in [1.82, 2.24) is 9.80 Å². The van der Waals surface area contributed by atoms with Gasteiger partial charge in [0.15, 0.2) is 0 Å². The van der Waals surface area contributed by atoms with Gasteiger partial charge in [-0.3, -0.25) is 29.0 Å². The van der Waals surface area contributed by atoms with Gasteiger partial charge in [0, 0.05) is 24.3 Å². The van der Waals surface area contributed by atoms with E-state index in [4.69, 9.17) is 0 Å². The Hall–Kier alpha value is -2.24. The topological polar surface area (TPSA) is 74.8 Å². The van der Waals surface area contributed by atoms with E-state index in [1.54, 1.807) is 0 Å². The fourth-order valence-corrected chi connectivity index (χ4v) is 3.42. The van der Waals surface area contributed by atoms with Crippen molar-refractivity contribution in [2.75, 3.05) is 0 Å². The first kappa shape index (κ1) is 20.1. The van der Waals surface area contributed by atoms with E-state index in [2.05, 4.69) is 6.92 Å². The SMILES string of the molecule is CCCCCCCCCCCC(N1C(=O)C=CC1=O)N1C(=O)C=CC1=O. The second-order valence-corrected chi connectivity index (χ2v) is 6.86. The Kier molecular flexibility index (Phi) is 7.75. The third-order valence-electron chi connectivity index (χ3n) is 4.85. The maximum atomic E-state index is 12.0. The van der Waals surface area contributed by atoms with Crippen LogP contribution in [-0.4, -0.2) is 39.6 Å². The number of amides is 4. The minimum absolute atomic E-state index is 0.425. The molecule has 6 nitrogen and oxygen atoms in total. The largest absolute Gasteiger partial charge is 0.269 e. The molecular weight excluding hydrogens is 332 g/mol. The summed E-state index contributed by atoms with van der Waals surface area (Å²) in [5, 5.41) is 0. The maximum absolute atomic E-state index is 12.0. The van der Waals surface area contributed by atoms with Crippen molar-refractivity contribution < 1.29 is 19.2 Å². The maximum Gasteiger partial charge on any atom is 0.255 e. The molecule has 26 heavy (non-hydrogen) atoms. The smallest absolute Gasteiger partial charge is 0.255 e. The van der Waals surface area contributed by atoms with E-state index in [9.17, 15) is 19.2 Å². The molecule has 6 heteroatoms. The van der Waals surface area contributed by atoms with Crippen molar-refractivity contribution in [3.8, 4) is 0 Å². The average molecular weight is 360 g/mol. The van der Waals surface area contributed by atoms with Gasteiger partial charge in [-0.2, -0.15) is 0 Å². The van der Waals surface area contributed by atoms with Gasteiger partial charge in [-0.15, -0.1) is 0 Å². The molecule has 2 heterocycles. The van der Waals surface area contributed by atoms with Gasteiger partial charge in [-0.1, -0.05) is 58.3 Å². The van der Waals surface area contributed by atoms with E-state index in [0.29, 0.717) is 6.42 Å². The monoisotopic (exact) mass is 360 g/mol. The molecule has 4 amide bonds. The van der Waals surface area contributed by atoms with E-state index < -0.39 is 29.8 Å². The first-order chi connectivity index (χ1) is 12.6. The lowest BCUT2D eigenvalue weighted by Crippen LogP contribution is -2.53. The molecule has 2 aliphatic rings. The average Bonchev–Trinajstić information content (AvgIpc) is 3.12. The fraction of sp³-hybridized carbons (Fsp3) is 0.600. The molecule has 0 bridgehead atoms. The van der Waals surface area contributed by atoms with Crippen LogP contribution in [0, 0.1) is 0 Å². The van der Waals surface area contributed by atoms with Gasteiger partial charge in [0.05, 0.1) is 0 Å². The summed E-state index contributed by atoms with van der Waals surface area (Å²) in [5.41, 5.74) is 0. The first-order valence-corrected chi connectivity index (χ1v) is 9.66. The zero-order chi connectivity index (χ0) is 18.9. The van der Waals surface area contributed by atoms with Crippen LogP contribution >= 0.6 is 0 Å². The summed E-state index contributed by atoms with van der Waals surface area (Å²) in [6.07, 6.45) is 14.6. The molecule has 0 unspecified atom stereocenters. The summed E-state index contributed by atoms with van der Waals surface area (Å²) in [7, 11) is 0. The van der Waals surface area contributed by atoms with Crippen LogP contribution in [0.2, 0.25) is 0 Å². The Balaban J connectivity index is 1.82. The third kappa shape index (κ3) is 5.13. The lowest BCUT2D eigenvalue weighted by molar-refractivity contribution is -0.152. The zero-order valence-electron chi connectivity index (χ0n) is 15.5. The Morgan fingerprint density at radius 2 is 0.962 bits per heavy atom. The van der Waals surface area contributed by atoms with Gasteiger partial charge in [0.25, 0.3) is 23.6 Å². The molecule has 0 saturated heterocycles. The minimum Gasteiger partial charge on any atom is -0.269 e. The molecule has 0 aromatic rings. The number of carbonyl (C=O) groups excluding carboxylic acids is 4. The summed E-state index contributed by atoms with van der Waals surface area (Å²) in [6.45, 7) is 2.20. The van der Waals surface area contributed by atoms with Gasteiger partial charge in [0.1, 0.15) is 6.17 Å². The number of rotatable bonds is 12. The summed E-state index contributed by atoms with van der Waals surface area (Å²) in [4.78, 5) is 50.1. The van der Waals surface area contributed by atoms with Crippen molar-refractivity contribution in [3.05, 3.63) is 24.3 Å². The van der Waals surface area contributed by atoms with Crippen LogP contribution in [0.1, 0.15) is 71.1 Å². The third-order valence-corrected chi connectivity index (χ3v) is 4.85. The summed E-state index contributed by atoms with van der Waals surface area (Å²) < 4.78 is 0. The van der Waals surface area contributed by atoms with Crippen molar-refractivity contribution in [2.24, 2.45) is 0 Å². The van der Waals surface area contributed by atoms with Crippen molar-refractivity contribution in [2.45, 2.75) is 77.3 Å². The summed E-state index contributed by atoms with van der Waals surface area (Å²) in [5.74, 6) is -1.88. The van der Waals surface area contributed by atoms with Gasteiger partial charge in [-0.25, -0.2) is 0 Å². The molecule has 0 spiro atoms. The van der Waals surface area contributed by atoms with Gasteiger partial charge in [0.2, 0.25) is 0 Å². The van der Waals surface area contributed by atoms with E-state index in [1.807, 2.05) is 0 Å². The Morgan fingerprint density at radius 3 is 1.35 bits per heavy atom. The molecule has 2 aliphatic heterocycles. The standard InChI is InChI=1S/C20H28N2O4/c1-2-3-4-5-6-7-8-9-10-11-16(21-17(23)12-13-18(21)24)22-19(25)14-15-20(22)26/h12-16H,2-11H2,1H3. The second kappa shape index (κ2) is 10.0. The van der Waals surface area contributed by atoms with E-state index >= 15 is 0 Å². The molecule has 0 aliphatic carbocycles. The molecule has 0 aromatic carbocycles.